The van der Waals surface area contributed by atoms with Gasteiger partial charge in [0, 0.05) is 25.2 Å². The second kappa shape index (κ2) is 5.58. The van der Waals surface area contributed by atoms with Crippen LogP contribution in [0, 0.1) is 6.92 Å². The second-order valence-corrected chi connectivity index (χ2v) is 5.65. The van der Waals surface area contributed by atoms with Gasteiger partial charge in [-0.3, -0.25) is 4.79 Å². The molecule has 5 nitrogen and oxygen atoms in total. The molecule has 2 aromatic rings. The van der Waals surface area contributed by atoms with E-state index in [0.717, 1.165) is 17.8 Å². The van der Waals surface area contributed by atoms with Gasteiger partial charge in [0.2, 0.25) is 5.88 Å². The largest absolute Gasteiger partial charge is 0.472 e. The van der Waals surface area contributed by atoms with Crippen molar-refractivity contribution in [2.75, 3.05) is 13.1 Å². The first-order valence-corrected chi connectivity index (χ1v) is 7.39. The quantitative estimate of drug-likeness (QED) is 0.868. The fourth-order valence-corrected chi connectivity index (χ4v) is 2.93. The number of carbonyl (C=O) groups is 1. The minimum Gasteiger partial charge on any atom is -0.472 e. The van der Waals surface area contributed by atoms with E-state index in [1.54, 1.807) is 12.3 Å². The highest BCUT2D eigenvalue weighted by Gasteiger charge is 2.28. The smallest absolute Gasteiger partial charge is 0.264 e. The minimum atomic E-state index is 0.00760. The Morgan fingerprint density at radius 1 is 1.50 bits per heavy atom. The molecule has 0 saturated carbocycles. The monoisotopic (exact) mass is 289 g/mol. The topological polar surface area (TPSA) is 55.3 Å². The van der Waals surface area contributed by atoms with Crippen LogP contribution >= 0.6 is 11.3 Å². The zero-order valence-electron chi connectivity index (χ0n) is 11.2. The van der Waals surface area contributed by atoms with E-state index in [0.29, 0.717) is 18.2 Å². The molecular formula is C14H15N3O2S. The molecule has 6 heteroatoms. The van der Waals surface area contributed by atoms with Gasteiger partial charge in [-0.25, -0.2) is 4.98 Å². The Hall–Kier alpha value is -1.95. The Balaban J connectivity index is 1.61. The Morgan fingerprint density at radius 3 is 3.15 bits per heavy atom. The molecule has 1 aliphatic rings. The summed E-state index contributed by atoms with van der Waals surface area (Å²) >= 11 is 1.47. The summed E-state index contributed by atoms with van der Waals surface area (Å²) in [6.07, 6.45) is 2.52. The van der Waals surface area contributed by atoms with E-state index in [1.165, 1.54) is 11.3 Å². The molecule has 1 saturated heterocycles. The lowest BCUT2D eigenvalue weighted by Crippen LogP contribution is -2.30. The number of carbonyl (C=O) groups excluding carboxylic acids is 1. The van der Waals surface area contributed by atoms with Gasteiger partial charge < -0.3 is 9.64 Å². The van der Waals surface area contributed by atoms with Crippen LogP contribution < -0.4 is 4.74 Å². The number of hydrogen-bond acceptors (Lipinski definition) is 5. The maximum Gasteiger partial charge on any atom is 0.264 e. The van der Waals surface area contributed by atoms with Gasteiger partial charge in [-0.15, -0.1) is 11.3 Å². The first-order chi connectivity index (χ1) is 9.72. The zero-order chi connectivity index (χ0) is 13.9. The van der Waals surface area contributed by atoms with Crippen LogP contribution in [0.3, 0.4) is 0 Å². The van der Waals surface area contributed by atoms with E-state index in [-0.39, 0.29) is 12.0 Å². The van der Waals surface area contributed by atoms with Crippen molar-refractivity contribution in [3.05, 3.63) is 40.5 Å². The molecule has 104 valence electrons. The van der Waals surface area contributed by atoms with Crippen molar-refractivity contribution in [2.45, 2.75) is 19.4 Å². The Morgan fingerprint density at radius 2 is 2.40 bits per heavy atom. The van der Waals surface area contributed by atoms with Gasteiger partial charge in [0.15, 0.2) is 0 Å². The van der Waals surface area contributed by atoms with E-state index in [2.05, 4.69) is 9.97 Å². The van der Waals surface area contributed by atoms with Crippen molar-refractivity contribution in [3.8, 4) is 5.88 Å². The highest BCUT2D eigenvalue weighted by molar-refractivity contribution is 7.12. The van der Waals surface area contributed by atoms with Crippen molar-refractivity contribution in [2.24, 2.45) is 0 Å². The molecule has 1 aliphatic heterocycles. The molecule has 0 bridgehead atoms. The maximum absolute atomic E-state index is 12.2. The predicted molar refractivity (Wildman–Crippen MR) is 76.0 cm³/mol. The average molecular weight is 289 g/mol. The van der Waals surface area contributed by atoms with Gasteiger partial charge in [0.1, 0.15) is 11.9 Å². The maximum atomic E-state index is 12.2. The van der Waals surface area contributed by atoms with Crippen molar-refractivity contribution in [3.63, 3.8) is 0 Å². The summed E-state index contributed by atoms with van der Waals surface area (Å²) in [5.74, 6) is 1.35. The Bertz CT molecular complexity index is 600. The van der Waals surface area contributed by atoms with Crippen molar-refractivity contribution < 1.29 is 9.53 Å². The zero-order valence-corrected chi connectivity index (χ0v) is 12.0. The lowest BCUT2D eigenvalue weighted by Gasteiger charge is -2.16. The molecule has 0 radical (unpaired) electrons. The van der Waals surface area contributed by atoms with Gasteiger partial charge in [-0.05, 0) is 18.4 Å². The lowest BCUT2D eigenvalue weighted by atomic mass is 10.3. The summed E-state index contributed by atoms with van der Waals surface area (Å²) in [5, 5.41) is 1.92. The van der Waals surface area contributed by atoms with E-state index < -0.39 is 0 Å². The van der Waals surface area contributed by atoms with Gasteiger partial charge in [-0.1, -0.05) is 6.07 Å². The Labute approximate surface area is 121 Å². The van der Waals surface area contributed by atoms with Gasteiger partial charge in [0.05, 0.1) is 11.4 Å². The number of nitrogens with zero attached hydrogens (tertiary/aromatic N) is 3. The molecule has 20 heavy (non-hydrogen) atoms. The SMILES string of the molecule is Cc1nccc(O[C@H]2CCN(C(=O)c3cccs3)C2)n1. The van der Waals surface area contributed by atoms with Crippen LogP contribution in [0.4, 0.5) is 0 Å². The third-order valence-corrected chi connectivity index (χ3v) is 4.06. The van der Waals surface area contributed by atoms with Gasteiger partial charge >= 0.3 is 0 Å². The predicted octanol–water partition coefficient (Wildman–Crippen LogP) is 2.14. The van der Waals surface area contributed by atoms with Crippen LogP contribution in [0.2, 0.25) is 0 Å². The van der Waals surface area contributed by atoms with E-state index in [9.17, 15) is 4.79 Å². The Kier molecular flexibility index (Phi) is 3.64. The number of aromatic nitrogens is 2. The summed E-state index contributed by atoms with van der Waals surface area (Å²) in [5.41, 5.74) is 0. The van der Waals surface area contributed by atoms with Crippen LogP contribution in [0.25, 0.3) is 0 Å². The van der Waals surface area contributed by atoms with Crippen LogP contribution in [0.5, 0.6) is 5.88 Å². The van der Waals surface area contributed by atoms with Crippen LogP contribution in [-0.2, 0) is 0 Å². The molecule has 1 fully saturated rings. The standard InChI is InChI=1S/C14H15N3O2S/c1-10-15-6-4-13(16-10)19-11-5-7-17(9-11)14(18)12-3-2-8-20-12/h2-4,6,8,11H,5,7,9H2,1H3/t11-/m0/s1. The van der Waals surface area contributed by atoms with E-state index in [4.69, 9.17) is 4.74 Å². The molecule has 0 aromatic carbocycles. The van der Waals surface area contributed by atoms with Crippen LogP contribution in [0.15, 0.2) is 29.8 Å². The lowest BCUT2D eigenvalue weighted by molar-refractivity contribution is 0.0776. The number of ether oxygens (including phenoxy) is 1. The molecule has 3 rings (SSSR count). The molecule has 0 spiro atoms. The molecule has 3 heterocycles. The summed E-state index contributed by atoms with van der Waals surface area (Å²) in [6.45, 7) is 3.17. The average Bonchev–Trinajstić information content (AvgIpc) is 3.09. The van der Waals surface area contributed by atoms with Gasteiger partial charge in [-0.2, -0.15) is 4.98 Å². The molecule has 2 aromatic heterocycles. The molecule has 0 unspecified atom stereocenters. The summed E-state index contributed by atoms with van der Waals surface area (Å²) in [6, 6.07) is 5.50. The molecule has 1 atom stereocenters. The van der Waals surface area contributed by atoms with Crippen LogP contribution in [-0.4, -0.2) is 40.0 Å². The number of likely N-dealkylation sites (tertiary alicyclic amines) is 1. The number of rotatable bonds is 3. The first kappa shape index (κ1) is 13.1. The van der Waals surface area contributed by atoms with Crippen LogP contribution in [0.1, 0.15) is 21.9 Å². The summed E-state index contributed by atoms with van der Waals surface area (Å²) in [7, 11) is 0. The molecular weight excluding hydrogens is 274 g/mol. The molecule has 0 N–H and O–H groups in total. The first-order valence-electron chi connectivity index (χ1n) is 6.51. The number of hydrogen-bond donors (Lipinski definition) is 0. The minimum absolute atomic E-state index is 0.00760. The summed E-state index contributed by atoms with van der Waals surface area (Å²) < 4.78 is 5.81. The molecule has 0 aliphatic carbocycles. The van der Waals surface area contributed by atoms with Crippen molar-refractivity contribution in [1.82, 2.24) is 14.9 Å². The fraction of sp³-hybridized carbons (Fsp3) is 0.357. The second-order valence-electron chi connectivity index (χ2n) is 4.70. The third kappa shape index (κ3) is 2.80. The number of aryl methyl sites for hydroxylation is 1. The fourth-order valence-electron chi connectivity index (χ4n) is 2.24. The van der Waals surface area contributed by atoms with E-state index in [1.807, 2.05) is 29.3 Å². The van der Waals surface area contributed by atoms with E-state index >= 15 is 0 Å². The highest BCUT2D eigenvalue weighted by Crippen LogP contribution is 2.20. The normalized spacial score (nSPS) is 18.2. The summed E-state index contributed by atoms with van der Waals surface area (Å²) in [4.78, 5) is 23.1. The van der Waals surface area contributed by atoms with Gasteiger partial charge in [0.25, 0.3) is 5.91 Å². The third-order valence-electron chi connectivity index (χ3n) is 3.20. The number of amides is 1. The van der Waals surface area contributed by atoms with Crippen molar-refractivity contribution >= 4 is 17.2 Å². The van der Waals surface area contributed by atoms with Crippen molar-refractivity contribution in [1.29, 1.82) is 0 Å². The molecule has 1 amide bonds. The highest BCUT2D eigenvalue weighted by atomic mass is 32.1. The number of thiophene rings is 1.